The molecule has 0 saturated carbocycles. The fraction of sp³-hybridized carbons (Fsp3) is 0.750. The van der Waals surface area contributed by atoms with Crippen LogP contribution in [0.2, 0.25) is 0 Å². The highest BCUT2D eigenvalue weighted by molar-refractivity contribution is 4.83. The van der Waals surface area contributed by atoms with E-state index in [0.29, 0.717) is 0 Å². The van der Waals surface area contributed by atoms with E-state index in [1.54, 1.807) is 0 Å². The Morgan fingerprint density at radius 3 is 2.62 bits per heavy atom. The molecule has 1 atom stereocenters. The van der Waals surface area contributed by atoms with Crippen LogP contribution in [0.5, 0.6) is 0 Å². The van der Waals surface area contributed by atoms with Gasteiger partial charge in [-0.1, -0.05) is 20.3 Å². The Labute approximate surface area is 52.3 Å². The predicted molar refractivity (Wildman–Crippen MR) is 37.5 cm³/mol. The maximum atomic E-state index is 5.08. The molecule has 46 valence electrons. The summed E-state index contributed by atoms with van der Waals surface area (Å²) < 4.78 is 0. The number of terminal acetylenes is 1. The van der Waals surface area contributed by atoms with Crippen molar-refractivity contribution in [3.05, 3.63) is 0 Å². The van der Waals surface area contributed by atoms with Crippen LogP contribution in [0.1, 0.15) is 33.1 Å². The fourth-order valence-electron chi connectivity index (χ4n) is 0.534. The van der Waals surface area contributed by atoms with Crippen molar-refractivity contribution in [2.24, 2.45) is 5.92 Å². The molecular weight excluding hydrogens is 96.1 g/mol. The van der Waals surface area contributed by atoms with Gasteiger partial charge in [-0.15, -0.1) is 12.3 Å². The lowest BCUT2D eigenvalue weighted by molar-refractivity contribution is 0.525. The Hall–Kier alpha value is -0.440. The number of hydrogen-bond donors (Lipinski definition) is 0. The van der Waals surface area contributed by atoms with Gasteiger partial charge in [0.05, 0.1) is 0 Å². The minimum atomic E-state index is 0.811. The van der Waals surface area contributed by atoms with Crippen molar-refractivity contribution in [1.82, 2.24) is 0 Å². The lowest BCUT2D eigenvalue weighted by Gasteiger charge is -2.02. The molecule has 0 aliphatic heterocycles. The summed E-state index contributed by atoms with van der Waals surface area (Å²) in [6, 6.07) is 0. The Kier molecular flexibility index (Phi) is 4.45. The Balaban J connectivity index is 3.01. The van der Waals surface area contributed by atoms with Gasteiger partial charge in [-0.05, 0) is 12.3 Å². The third-order valence-electron chi connectivity index (χ3n) is 1.48. The van der Waals surface area contributed by atoms with Gasteiger partial charge in [-0.25, -0.2) is 0 Å². The maximum absolute atomic E-state index is 5.08. The molecule has 0 aliphatic rings. The summed E-state index contributed by atoms with van der Waals surface area (Å²) in [6.07, 6.45) is 8.46. The zero-order valence-electron chi connectivity index (χ0n) is 5.78. The van der Waals surface area contributed by atoms with Crippen LogP contribution in [-0.4, -0.2) is 0 Å². The van der Waals surface area contributed by atoms with Crippen LogP contribution in [0.15, 0.2) is 0 Å². The second-order valence-corrected chi connectivity index (χ2v) is 2.26. The molecule has 0 radical (unpaired) electrons. The summed E-state index contributed by atoms with van der Waals surface area (Å²) in [5.41, 5.74) is 0. The molecular formula is C8H14. The largest absolute Gasteiger partial charge is 0.120 e. The first-order valence-electron chi connectivity index (χ1n) is 3.24. The molecule has 0 aromatic heterocycles. The minimum absolute atomic E-state index is 0.811. The highest BCUT2D eigenvalue weighted by Gasteiger charge is 1.93. The van der Waals surface area contributed by atoms with E-state index >= 15 is 0 Å². The third-order valence-corrected chi connectivity index (χ3v) is 1.48. The predicted octanol–water partition coefficient (Wildman–Crippen LogP) is 2.45. The van der Waals surface area contributed by atoms with Gasteiger partial charge in [0.15, 0.2) is 0 Å². The molecule has 0 aromatic rings. The molecule has 0 spiro atoms. The second kappa shape index (κ2) is 4.71. The lowest BCUT2D eigenvalue weighted by atomic mass is 10.0. The summed E-state index contributed by atoms with van der Waals surface area (Å²) in [7, 11) is 0. The summed E-state index contributed by atoms with van der Waals surface area (Å²) in [5, 5.41) is 0. The molecule has 0 saturated heterocycles. The van der Waals surface area contributed by atoms with Crippen molar-refractivity contribution >= 4 is 0 Å². The van der Waals surface area contributed by atoms with Crippen LogP contribution < -0.4 is 0 Å². The average molecular weight is 110 g/mol. The summed E-state index contributed by atoms with van der Waals surface area (Å²) in [5.74, 6) is 3.44. The summed E-state index contributed by atoms with van der Waals surface area (Å²) in [6.45, 7) is 4.43. The van der Waals surface area contributed by atoms with E-state index in [-0.39, 0.29) is 0 Å². The van der Waals surface area contributed by atoms with Gasteiger partial charge in [0.1, 0.15) is 0 Å². The Morgan fingerprint density at radius 1 is 1.62 bits per heavy atom. The van der Waals surface area contributed by atoms with Crippen LogP contribution >= 0.6 is 0 Å². The van der Waals surface area contributed by atoms with Crippen molar-refractivity contribution in [1.29, 1.82) is 0 Å². The zero-order valence-corrected chi connectivity index (χ0v) is 5.78. The van der Waals surface area contributed by atoms with Crippen LogP contribution in [0.4, 0.5) is 0 Å². The van der Waals surface area contributed by atoms with E-state index in [4.69, 9.17) is 6.42 Å². The van der Waals surface area contributed by atoms with Crippen molar-refractivity contribution in [3.63, 3.8) is 0 Å². The summed E-state index contributed by atoms with van der Waals surface area (Å²) in [4.78, 5) is 0. The van der Waals surface area contributed by atoms with Gasteiger partial charge in [-0.3, -0.25) is 0 Å². The highest BCUT2D eigenvalue weighted by atomic mass is 14.0. The van der Waals surface area contributed by atoms with E-state index in [1.165, 1.54) is 12.8 Å². The van der Waals surface area contributed by atoms with E-state index < -0.39 is 0 Å². The zero-order chi connectivity index (χ0) is 6.41. The standard InChI is InChI=1S/C8H14/c1-4-6-7-8(3)5-2/h1,8H,5-7H2,2-3H3/t8-/m0/s1. The quantitative estimate of drug-likeness (QED) is 0.489. The van der Waals surface area contributed by atoms with E-state index in [9.17, 15) is 0 Å². The topological polar surface area (TPSA) is 0 Å². The normalized spacial score (nSPS) is 12.6. The van der Waals surface area contributed by atoms with Gasteiger partial charge >= 0.3 is 0 Å². The molecule has 0 unspecified atom stereocenters. The minimum Gasteiger partial charge on any atom is -0.120 e. The number of rotatable bonds is 3. The van der Waals surface area contributed by atoms with Crippen LogP contribution in [0.25, 0.3) is 0 Å². The Morgan fingerprint density at radius 2 is 2.25 bits per heavy atom. The molecule has 0 nitrogen and oxygen atoms in total. The van der Waals surface area contributed by atoms with Crippen molar-refractivity contribution in [3.8, 4) is 12.3 Å². The fourth-order valence-corrected chi connectivity index (χ4v) is 0.534. The van der Waals surface area contributed by atoms with E-state index in [0.717, 1.165) is 12.3 Å². The SMILES string of the molecule is C#CCC[C@@H](C)CC. The lowest BCUT2D eigenvalue weighted by Crippen LogP contribution is -1.89. The summed E-state index contributed by atoms with van der Waals surface area (Å²) >= 11 is 0. The molecule has 8 heavy (non-hydrogen) atoms. The molecule has 0 bridgehead atoms. The molecule has 0 amide bonds. The van der Waals surface area contributed by atoms with Gasteiger partial charge in [0.25, 0.3) is 0 Å². The van der Waals surface area contributed by atoms with Crippen LogP contribution in [0.3, 0.4) is 0 Å². The van der Waals surface area contributed by atoms with Crippen molar-refractivity contribution in [2.75, 3.05) is 0 Å². The van der Waals surface area contributed by atoms with E-state index in [2.05, 4.69) is 19.8 Å². The second-order valence-electron chi connectivity index (χ2n) is 2.26. The molecule has 0 aliphatic carbocycles. The molecule has 0 rings (SSSR count). The molecule has 0 N–H and O–H groups in total. The average Bonchev–Trinajstić information content (AvgIpc) is 1.83. The highest BCUT2D eigenvalue weighted by Crippen LogP contribution is 2.07. The van der Waals surface area contributed by atoms with Crippen molar-refractivity contribution in [2.45, 2.75) is 33.1 Å². The van der Waals surface area contributed by atoms with Crippen LogP contribution in [-0.2, 0) is 0 Å². The van der Waals surface area contributed by atoms with Crippen molar-refractivity contribution < 1.29 is 0 Å². The van der Waals surface area contributed by atoms with Gasteiger partial charge in [0, 0.05) is 6.42 Å². The van der Waals surface area contributed by atoms with Gasteiger partial charge in [0.2, 0.25) is 0 Å². The van der Waals surface area contributed by atoms with Gasteiger partial charge in [-0.2, -0.15) is 0 Å². The first-order valence-corrected chi connectivity index (χ1v) is 3.24. The first-order chi connectivity index (χ1) is 3.81. The molecule has 0 aromatic carbocycles. The first kappa shape index (κ1) is 7.56. The number of hydrogen-bond acceptors (Lipinski definition) is 0. The molecule has 0 heterocycles. The third kappa shape index (κ3) is 3.74. The molecule has 0 fully saturated rings. The molecule has 0 heteroatoms. The van der Waals surface area contributed by atoms with E-state index in [1.807, 2.05) is 0 Å². The monoisotopic (exact) mass is 110 g/mol. The Bertz CT molecular complexity index is 76.5. The van der Waals surface area contributed by atoms with Crippen LogP contribution in [0, 0.1) is 18.3 Å². The van der Waals surface area contributed by atoms with Gasteiger partial charge < -0.3 is 0 Å². The smallest absolute Gasteiger partial charge is 0.00885 e. The maximum Gasteiger partial charge on any atom is 0.00885 e.